The predicted molar refractivity (Wildman–Crippen MR) is 147 cm³/mol. The molecular formula is C18H45IN2Si4Sn. The summed E-state index contributed by atoms with van der Waals surface area (Å²) in [6.45, 7) is 29.8. The Morgan fingerprint density at radius 1 is 0.692 bits per heavy atom. The number of halogens is 1. The van der Waals surface area contributed by atoms with Crippen LogP contribution in [0, 0.1) is 9.86 Å². The van der Waals surface area contributed by atoms with Crippen LogP contribution < -0.4 is 0 Å². The fourth-order valence-electron chi connectivity index (χ4n) is 2.37. The smallest absolute Gasteiger partial charge is 0.0691 e. The van der Waals surface area contributed by atoms with Crippen molar-refractivity contribution in [1.29, 1.82) is 0 Å². The van der Waals surface area contributed by atoms with Gasteiger partial charge in [-0.15, -0.1) is 0 Å². The molecule has 0 aromatic rings. The van der Waals surface area contributed by atoms with Crippen LogP contribution in [-0.2, 0) is 0 Å². The van der Waals surface area contributed by atoms with Crippen molar-refractivity contribution in [1.82, 2.24) is 0 Å². The second kappa shape index (κ2) is 15.7. The zero-order valence-corrected chi connectivity index (χ0v) is 28.9. The van der Waals surface area contributed by atoms with E-state index in [-0.39, 0.29) is 17.2 Å². The monoisotopic (exact) mass is 648 g/mol. The molecule has 0 rings (SSSR count). The van der Waals surface area contributed by atoms with Gasteiger partial charge in [-0.1, -0.05) is 112 Å². The van der Waals surface area contributed by atoms with E-state index in [1.54, 1.807) is 0 Å². The van der Waals surface area contributed by atoms with Crippen molar-refractivity contribution in [2.75, 3.05) is 0 Å². The van der Waals surface area contributed by atoms with Crippen LogP contribution in [0.15, 0.2) is 0 Å². The van der Waals surface area contributed by atoms with Gasteiger partial charge in [0.25, 0.3) is 0 Å². The zero-order valence-electron chi connectivity index (χ0n) is 19.9. The molecule has 154 valence electrons. The Hall–Kier alpha value is 1.88. The largest absolute Gasteiger partial charge is 0.668 e. The van der Waals surface area contributed by atoms with Gasteiger partial charge in [-0.2, -0.15) is 0 Å². The molecule has 0 saturated carbocycles. The molecule has 0 atom stereocenters. The number of unbranched alkanes of at least 4 members (excludes halogenated alkanes) is 2. The first-order valence-electron chi connectivity index (χ1n) is 9.64. The van der Waals surface area contributed by atoms with E-state index in [0.29, 0.717) is 0 Å². The molecule has 0 spiro atoms. The minimum Gasteiger partial charge on any atom is -0.668 e. The van der Waals surface area contributed by atoms with E-state index in [4.69, 9.17) is 9.30 Å². The number of nitrogens with zero attached hydrogens (tertiary/aromatic N) is 2. The van der Waals surface area contributed by atoms with E-state index >= 15 is 0 Å². The molecule has 2 nitrogen and oxygen atoms in total. The topological polar surface area (TPSA) is 28.2 Å². The third-order valence-corrected chi connectivity index (χ3v) is 15.4. The van der Waals surface area contributed by atoms with Gasteiger partial charge >= 0.3 is 71.9 Å². The molecule has 0 radical (unpaired) electrons. The van der Waals surface area contributed by atoms with E-state index in [0.717, 1.165) is 6.42 Å². The third-order valence-electron chi connectivity index (χ3n) is 2.13. The maximum atomic E-state index is 4.82. The summed E-state index contributed by atoms with van der Waals surface area (Å²) in [7, 11) is -4.42. The SMILES string of the molecule is CCCCC#[C][Sn+2][I].C[Si](C)(C)[N-][Si](C)(C)C.C[Si](C)(C)[N-][Si](C)(C)C. The molecule has 8 heteroatoms. The van der Waals surface area contributed by atoms with Crippen molar-refractivity contribution in [3.8, 4) is 9.86 Å². The molecule has 0 aliphatic heterocycles. The van der Waals surface area contributed by atoms with Crippen LogP contribution in [0.2, 0.25) is 78.6 Å². The van der Waals surface area contributed by atoms with E-state index in [9.17, 15) is 0 Å². The van der Waals surface area contributed by atoms with Crippen molar-refractivity contribution in [3.05, 3.63) is 9.30 Å². The van der Waals surface area contributed by atoms with Crippen molar-refractivity contribution in [3.63, 3.8) is 0 Å². The molecule has 0 aromatic carbocycles. The molecule has 0 bridgehead atoms. The Labute approximate surface area is 191 Å². The van der Waals surface area contributed by atoms with Gasteiger partial charge in [0.05, 0.1) is 0 Å². The standard InChI is InChI=1S/2C6H18NSi2.C6H9.HI.Sn/c2*1-8(2,3)7-9(4,5)6;1-3-5-6-4-2;;/h2*1-6H3;3,5-6H2,1H3;1H;/q2*-1;;;+3/p-1. The van der Waals surface area contributed by atoms with Gasteiger partial charge < -0.3 is 9.30 Å². The van der Waals surface area contributed by atoms with E-state index in [1.807, 2.05) is 0 Å². The fraction of sp³-hybridized carbons (Fsp3) is 0.889. The first-order valence-corrected chi connectivity index (χ1v) is 33.2. The summed E-state index contributed by atoms with van der Waals surface area (Å²) in [5, 5.41) is 0. The Bertz CT molecular complexity index is 347. The molecule has 0 aromatic heterocycles. The second-order valence-corrected chi connectivity index (χ2v) is 34.4. The van der Waals surface area contributed by atoms with Gasteiger partial charge in [-0.25, -0.2) is 0 Å². The third kappa shape index (κ3) is 44.9. The molecule has 0 heterocycles. The van der Waals surface area contributed by atoms with E-state index in [1.165, 1.54) is 12.8 Å². The minimum atomic E-state index is -1.11. The van der Waals surface area contributed by atoms with Crippen LogP contribution >= 0.6 is 18.6 Å². The normalized spacial score (nSPS) is 11.8. The van der Waals surface area contributed by atoms with Gasteiger partial charge in [0.1, 0.15) is 0 Å². The quantitative estimate of drug-likeness (QED) is 0.120. The summed E-state index contributed by atoms with van der Waals surface area (Å²) in [5.41, 5.74) is 0. The van der Waals surface area contributed by atoms with E-state index < -0.39 is 32.9 Å². The summed E-state index contributed by atoms with van der Waals surface area (Å²) in [4.78, 5) is 0. The van der Waals surface area contributed by atoms with Crippen LogP contribution in [0.5, 0.6) is 0 Å². The van der Waals surface area contributed by atoms with Crippen molar-refractivity contribution >= 4 is 68.7 Å². The van der Waals surface area contributed by atoms with Crippen molar-refractivity contribution in [2.45, 2.75) is 105 Å². The molecule has 0 fully saturated rings. The molecular weight excluding hydrogens is 602 g/mol. The van der Waals surface area contributed by atoms with Crippen LogP contribution in [0.3, 0.4) is 0 Å². The summed E-state index contributed by atoms with van der Waals surface area (Å²) in [6, 6.07) is 0. The molecule has 26 heavy (non-hydrogen) atoms. The molecule has 0 N–H and O–H groups in total. The van der Waals surface area contributed by atoms with Gasteiger partial charge in [-0.05, 0) is 0 Å². The average Bonchev–Trinajstić information content (AvgIpc) is 2.27. The van der Waals surface area contributed by atoms with Crippen LogP contribution in [0.4, 0.5) is 0 Å². The van der Waals surface area contributed by atoms with Gasteiger partial charge in [-0.3, -0.25) is 0 Å². The van der Waals surface area contributed by atoms with Gasteiger partial charge in [0.2, 0.25) is 0 Å². The van der Waals surface area contributed by atoms with Crippen molar-refractivity contribution < 1.29 is 0 Å². The molecule has 0 amide bonds. The molecule has 0 aliphatic carbocycles. The second-order valence-electron chi connectivity index (χ2n) is 10.4. The number of hydrogen-bond donors (Lipinski definition) is 0. The Balaban J connectivity index is -0.000000306. The first kappa shape index (κ1) is 32.5. The molecule has 0 saturated heterocycles. The van der Waals surface area contributed by atoms with Gasteiger partial charge in [0, 0.05) is 0 Å². The summed E-state index contributed by atoms with van der Waals surface area (Å²) >= 11 is 2.21. The Morgan fingerprint density at radius 2 is 1.00 bits per heavy atom. The summed E-state index contributed by atoms with van der Waals surface area (Å²) in [5.74, 6) is 3.15. The van der Waals surface area contributed by atoms with Crippen molar-refractivity contribution in [2.24, 2.45) is 0 Å². The van der Waals surface area contributed by atoms with Crippen LogP contribution in [0.1, 0.15) is 26.2 Å². The minimum absolute atomic E-state index is 0.224. The first-order chi connectivity index (χ1) is 11.3. The Kier molecular flexibility index (Phi) is 19.6. The zero-order chi connectivity index (χ0) is 21.7. The van der Waals surface area contributed by atoms with E-state index in [2.05, 4.69) is 114 Å². The predicted octanol–water partition coefficient (Wildman–Crippen LogP) is 8.25. The average molecular weight is 648 g/mol. The Morgan fingerprint density at radius 3 is 1.15 bits per heavy atom. The van der Waals surface area contributed by atoms with Crippen LogP contribution in [0.25, 0.3) is 9.30 Å². The summed E-state index contributed by atoms with van der Waals surface area (Å²) in [6.07, 6.45) is 3.68. The van der Waals surface area contributed by atoms with Gasteiger partial charge in [0.15, 0.2) is 0 Å². The maximum absolute atomic E-state index is 4.82. The molecule has 0 unspecified atom stereocenters. The maximum Gasteiger partial charge on any atom is -0.0691 e. The molecule has 0 aliphatic rings. The summed E-state index contributed by atoms with van der Waals surface area (Å²) < 4.78 is 12.8. The number of rotatable bonds is 6. The van der Waals surface area contributed by atoms with Crippen LogP contribution in [-0.4, -0.2) is 50.1 Å². The fourth-order valence-corrected chi connectivity index (χ4v) is 20.3. The number of hydrogen-bond acceptors (Lipinski definition) is 0.